The zero-order valence-electron chi connectivity index (χ0n) is 11.6. The van der Waals surface area contributed by atoms with E-state index in [1.54, 1.807) is 6.08 Å². The molecule has 0 aromatic heterocycles. The fraction of sp³-hybridized carbons (Fsp3) is 0.167. The van der Waals surface area contributed by atoms with Gasteiger partial charge in [-0.1, -0.05) is 44.2 Å². The Morgan fingerprint density at radius 1 is 1.00 bits per heavy atom. The van der Waals surface area contributed by atoms with Gasteiger partial charge in [-0.05, 0) is 47.4 Å². The molecule has 0 radical (unpaired) electrons. The van der Waals surface area contributed by atoms with Crippen LogP contribution in [0.15, 0.2) is 54.6 Å². The van der Waals surface area contributed by atoms with Crippen LogP contribution in [-0.4, -0.2) is 5.78 Å². The number of carbonyl (C=O) groups excluding carboxylic acids is 1. The van der Waals surface area contributed by atoms with Crippen molar-refractivity contribution in [1.29, 1.82) is 0 Å². The number of hydrogen-bond donors (Lipinski definition) is 0. The van der Waals surface area contributed by atoms with Crippen molar-refractivity contribution in [2.75, 3.05) is 0 Å². The van der Waals surface area contributed by atoms with E-state index >= 15 is 0 Å². The van der Waals surface area contributed by atoms with Crippen molar-refractivity contribution < 1.29 is 9.18 Å². The first-order valence-corrected chi connectivity index (χ1v) is 6.64. The number of benzene rings is 2. The third kappa shape index (κ3) is 3.64. The predicted molar refractivity (Wildman–Crippen MR) is 80.3 cm³/mol. The van der Waals surface area contributed by atoms with E-state index in [9.17, 15) is 9.18 Å². The van der Waals surface area contributed by atoms with Gasteiger partial charge in [-0.25, -0.2) is 4.39 Å². The Balaban J connectivity index is 2.08. The van der Waals surface area contributed by atoms with Crippen molar-refractivity contribution in [1.82, 2.24) is 0 Å². The highest BCUT2D eigenvalue weighted by atomic mass is 19.1. The maximum Gasteiger partial charge on any atom is 0.185 e. The van der Waals surface area contributed by atoms with Crippen LogP contribution in [0, 0.1) is 5.82 Å². The Kier molecular flexibility index (Phi) is 4.46. The first-order chi connectivity index (χ1) is 9.56. The van der Waals surface area contributed by atoms with Crippen LogP contribution in [0.2, 0.25) is 0 Å². The molecule has 2 aromatic rings. The molecular formula is C18H17FO. The van der Waals surface area contributed by atoms with Gasteiger partial charge in [0.25, 0.3) is 0 Å². The molecule has 0 fully saturated rings. The quantitative estimate of drug-likeness (QED) is 0.572. The van der Waals surface area contributed by atoms with E-state index in [4.69, 9.17) is 0 Å². The Bertz CT molecular complexity index is 607. The van der Waals surface area contributed by atoms with Gasteiger partial charge >= 0.3 is 0 Å². The highest BCUT2D eigenvalue weighted by Crippen LogP contribution is 2.15. The molecule has 0 bridgehead atoms. The van der Waals surface area contributed by atoms with Crippen LogP contribution in [0.3, 0.4) is 0 Å². The van der Waals surface area contributed by atoms with E-state index in [1.807, 2.05) is 12.1 Å². The number of rotatable bonds is 4. The molecular weight excluding hydrogens is 251 g/mol. The minimum absolute atomic E-state index is 0.127. The van der Waals surface area contributed by atoms with Gasteiger partial charge in [0.2, 0.25) is 0 Å². The molecule has 2 aromatic carbocycles. The molecule has 20 heavy (non-hydrogen) atoms. The lowest BCUT2D eigenvalue weighted by atomic mass is 10.0. The van der Waals surface area contributed by atoms with E-state index in [0.717, 1.165) is 5.56 Å². The van der Waals surface area contributed by atoms with Crippen molar-refractivity contribution in [3.8, 4) is 0 Å². The molecule has 1 nitrogen and oxygen atoms in total. The fourth-order valence-electron chi connectivity index (χ4n) is 1.87. The van der Waals surface area contributed by atoms with Gasteiger partial charge < -0.3 is 0 Å². The molecule has 0 heterocycles. The lowest BCUT2D eigenvalue weighted by Crippen LogP contribution is -1.93. The molecule has 0 saturated heterocycles. The summed E-state index contributed by atoms with van der Waals surface area (Å²) in [7, 11) is 0. The van der Waals surface area contributed by atoms with Crippen LogP contribution >= 0.6 is 0 Å². The monoisotopic (exact) mass is 268 g/mol. The largest absolute Gasteiger partial charge is 0.289 e. The minimum atomic E-state index is -0.338. The molecule has 0 saturated carbocycles. The third-order valence-electron chi connectivity index (χ3n) is 3.16. The molecule has 0 unspecified atom stereocenters. The van der Waals surface area contributed by atoms with E-state index in [1.165, 1.54) is 35.9 Å². The van der Waals surface area contributed by atoms with Crippen LogP contribution in [0.1, 0.15) is 41.3 Å². The van der Waals surface area contributed by atoms with Gasteiger partial charge in [0.05, 0.1) is 0 Å². The first-order valence-electron chi connectivity index (χ1n) is 6.64. The number of allylic oxidation sites excluding steroid dienone is 1. The maximum atomic E-state index is 12.8. The lowest BCUT2D eigenvalue weighted by Gasteiger charge is -2.04. The second-order valence-electron chi connectivity index (χ2n) is 5.03. The van der Waals surface area contributed by atoms with E-state index in [-0.39, 0.29) is 11.6 Å². The molecule has 0 aliphatic rings. The SMILES string of the molecule is CC(C)c1ccc(/C=C\C(=O)c2ccc(F)cc2)cc1. The van der Waals surface area contributed by atoms with Gasteiger partial charge in [0, 0.05) is 5.56 Å². The minimum Gasteiger partial charge on any atom is -0.289 e. The summed E-state index contributed by atoms with van der Waals surface area (Å²) in [5.41, 5.74) is 2.73. The maximum absolute atomic E-state index is 12.8. The highest BCUT2D eigenvalue weighted by Gasteiger charge is 2.02. The molecule has 102 valence electrons. The van der Waals surface area contributed by atoms with Gasteiger partial charge in [-0.15, -0.1) is 0 Å². The van der Waals surface area contributed by atoms with Crippen LogP contribution < -0.4 is 0 Å². The molecule has 0 aliphatic carbocycles. The molecule has 0 N–H and O–H groups in total. The van der Waals surface area contributed by atoms with E-state index < -0.39 is 0 Å². The van der Waals surface area contributed by atoms with Crippen LogP contribution in [0.25, 0.3) is 6.08 Å². The lowest BCUT2D eigenvalue weighted by molar-refractivity contribution is 0.104. The molecule has 0 aliphatic heterocycles. The Morgan fingerprint density at radius 2 is 1.60 bits per heavy atom. The van der Waals surface area contributed by atoms with Crippen molar-refractivity contribution in [2.45, 2.75) is 19.8 Å². The van der Waals surface area contributed by atoms with Crippen LogP contribution in [-0.2, 0) is 0 Å². The molecule has 2 heteroatoms. The van der Waals surface area contributed by atoms with E-state index in [0.29, 0.717) is 11.5 Å². The fourth-order valence-corrected chi connectivity index (χ4v) is 1.87. The zero-order valence-corrected chi connectivity index (χ0v) is 11.6. The van der Waals surface area contributed by atoms with Crippen molar-refractivity contribution in [3.05, 3.63) is 77.1 Å². The normalized spacial score (nSPS) is 11.2. The summed E-state index contributed by atoms with van der Waals surface area (Å²) in [5, 5.41) is 0. The summed E-state index contributed by atoms with van der Waals surface area (Å²) in [6, 6.07) is 13.7. The Hall–Kier alpha value is -2.22. The molecule has 0 atom stereocenters. The summed E-state index contributed by atoms with van der Waals surface area (Å²) in [6.45, 7) is 4.28. The summed E-state index contributed by atoms with van der Waals surface area (Å²) < 4.78 is 12.8. The Morgan fingerprint density at radius 3 is 2.15 bits per heavy atom. The smallest absolute Gasteiger partial charge is 0.185 e. The highest BCUT2D eigenvalue weighted by molar-refractivity contribution is 6.06. The summed E-state index contributed by atoms with van der Waals surface area (Å²) in [5.74, 6) is 0.0293. The summed E-state index contributed by atoms with van der Waals surface area (Å²) in [6.07, 6.45) is 3.29. The van der Waals surface area contributed by atoms with Gasteiger partial charge in [-0.2, -0.15) is 0 Å². The van der Waals surface area contributed by atoms with Gasteiger partial charge in [0.1, 0.15) is 5.82 Å². The second-order valence-corrected chi connectivity index (χ2v) is 5.03. The zero-order chi connectivity index (χ0) is 14.5. The summed E-state index contributed by atoms with van der Waals surface area (Å²) >= 11 is 0. The van der Waals surface area contributed by atoms with Crippen molar-refractivity contribution >= 4 is 11.9 Å². The van der Waals surface area contributed by atoms with Crippen molar-refractivity contribution in [3.63, 3.8) is 0 Å². The van der Waals surface area contributed by atoms with Crippen LogP contribution in [0.4, 0.5) is 4.39 Å². The number of hydrogen-bond acceptors (Lipinski definition) is 1. The average Bonchev–Trinajstić information content (AvgIpc) is 2.46. The van der Waals surface area contributed by atoms with E-state index in [2.05, 4.69) is 26.0 Å². The topological polar surface area (TPSA) is 17.1 Å². The van der Waals surface area contributed by atoms with Gasteiger partial charge in [0.15, 0.2) is 5.78 Å². The molecule has 2 rings (SSSR count). The molecule has 0 amide bonds. The molecule has 0 spiro atoms. The third-order valence-corrected chi connectivity index (χ3v) is 3.16. The summed E-state index contributed by atoms with van der Waals surface area (Å²) in [4.78, 5) is 11.9. The Labute approximate surface area is 118 Å². The predicted octanol–water partition coefficient (Wildman–Crippen LogP) is 4.85. The van der Waals surface area contributed by atoms with Crippen molar-refractivity contribution in [2.24, 2.45) is 0 Å². The standard InChI is InChI=1S/C18H17FO/c1-13(2)15-6-3-14(4-7-15)5-12-18(20)16-8-10-17(19)11-9-16/h3-13H,1-2H3/b12-5-. The first kappa shape index (κ1) is 14.2. The van der Waals surface area contributed by atoms with Gasteiger partial charge in [-0.3, -0.25) is 4.79 Å². The number of halogens is 1. The number of ketones is 1. The van der Waals surface area contributed by atoms with Crippen LogP contribution in [0.5, 0.6) is 0 Å². The number of carbonyl (C=O) groups is 1. The average molecular weight is 268 g/mol. The second kappa shape index (κ2) is 6.29.